The predicted molar refractivity (Wildman–Crippen MR) is 80.6 cm³/mol. The number of para-hydroxylation sites is 1. The Kier molecular flexibility index (Phi) is 5.53. The molecular formula is C16H24N2O2. The Morgan fingerprint density at radius 1 is 1.25 bits per heavy atom. The monoisotopic (exact) mass is 276 g/mol. The molecule has 0 bridgehead atoms. The smallest absolute Gasteiger partial charge is 0.273 e. The molecule has 0 aliphatic heterocycles. The van der Waals surface area contributed by atoms with Crippen LogP contribution in [0.5, 0.6) is 0 Å². The van der Waals surface area contributed by atoms with Crippen LogP contribution in [0.3, 0.4) is 0 Å². The molecule has 2 rings (SSSR count). The standard InChI is InChI=1S/C16H24N2O2/c1-2-13-6-5-8-15(11-10-13)17-12-14-7-3-4-9-16(14)18(19)20/h3-4,7,9,13,15,17H,2,5-6,8,10-12H2,1H3. The SMILES string of the molecule is CCC1CCCC(NCc2ccccc2[N+](=O)[O-])CC1. The first kappa shape index (κ1) is 15.0. The number of hydrogen-bond donors (Lipinski definition) is 1. The maximum absolute atomic E-state index is 11.0. The first-order valence-corrected chi connectivity index (χ1v) is 7.66. The quantitative estimate of drug-likeness (QED) is 0.501. The van der Waals surface area contributed by atoms with Gasteiger partial charge in [-0.25, -0.2) is 0 Å². The molecule has 110 valence electrons. The minimum absolute atomic E-state index is 0.222. The van der Waals surface area contributed by atoms with Crippen LogP contribution in [0.25, 0.3) is 0 Å². The minimum Gasteiger partial charge on any atom is -0.310 e. The van der Waals surface area contributed by atoms with E-state index in [1.807, 2.05) is 12.1 Å². The van der Waals surface area contributed by atoms with E-state index in [4.69, 9.17) is 0 Å². The normalized spacial score (nSPS) is 23.2. The minimum atomic E-state index is -0.294. The number of nitrogens with one attached hydrogen (secondary N) is 1. The molecular weight excluding hydrogens is 252 g/mol. The van der Waals surface area contributed by atoms with Gasteiger partial charge in [0.2, 0.25) is 0 Å². The highest BCUT2D eigenvalue weighted by Crippen LogP contribution is 2.26. The highest BCUT2D eigenvalue weighted by molar-refractivity contribution is 5.39. The fourth-order valence-corrected chi connectivity index (χ4v) is 3.08. The molecule has 4 nitrogen and oxygen atoms in total. The van der Waals surface area contributed by atoms with Crippen molar-refractivity contribution in [2.45, 2.75) is 58.0 Å². The summed E-state index contributed by atoms with van der Waals surface area (Å²) in [5.41, 5.74) is 1.01. The Hall–Kier alpha value is -1.42. The van der Waals surface area contributed by atoms with Crippen molar-refractivity contribution in [1.29, 1.82) is 0 Å². The Bertz CT molecular complexity index is 448. The third kappa shape index (κ3) is 4.04. The highest BCUT2D eigenvalue weighted by atomic mass is 16.6. The second-order valence-corrected chi connectivity index (χ2v) is 5.75. The Morgan fingerprint density at radius 3 is 2.80 bits per heavy atom. The number of nitrogens with zero attached hydrogens (tertiary/aromatic N) is 1. The third-order valence-corrected chi connectivity index (χ3v) is 4.44. The van der Waals surface area contributed by atoms with E-state index in [1.165, 1.54) is 38.5 Å². The molecule has 0 aromatic heterocycles. The van der Waals surface area contributed by atoms with Crippen molar-refractivity contribution in [2.75, 3.05) is 0 Å². The van der Waals surface area contributed by atoms with E-state index in [9.17, 15) is 10.1 Å². The van der Waals surface area contributed by atoms with E-state index >= 15 is 0 Å². The van der Waals surface area contributed by atoms with E-state index in [-0.39, 0.29) is 10.6 Å². The Balaban J connectivity index is 1.90. The maximum atomic E-state index is 11.0. The third-order valence-electron chi connectivity index (χ3n) is 4.44. The van der Waals surface area contributed by atoms with Crippen LogP contribution in [0, 0.1) is 16.0 Å². The molecule has 20 heavy (non-hydrogen) atoms. The summed E-state index contributed by atoms with van der Waals surface area (Å²) in [6, 6.07) is 7.52. The largest absolute Gasteiger partial charge is 0.310 e. The van der Waals surface area contributed by atoms with Crippen molar-refractivity contribution in [2.24, 2.45) is 5.92 Å². The first-order chi connectivity index (χ1) is 9.70. The van der Waals surface area contributed by atoms with Gasteiger partial charge in [-0.1, -0.05) is 44.4 Å². The van der Waals surface area contributed by atoms with Crippen molar-refractivity contribution >= 4 is 5.69 Å². The maximum Gasteiger partial charge on any atom is 0.273 e. The molecule has 0 radical (unpaired) electrons. The van der Waals surface area contributed by atoms with Gasteiger partial charge in [0.25, 0.3) is 5.69 Å². The van der Waals surface area contributed by atoms with Crippen molar-refractivity contribution < 1.29 is 4.92 Å². The van der Waals surface area contributed by atoms with Crippen LogP contribution < -0.4 is 5.32 Å². The van der Waals surface area contributed by atoms with Gasteiger partial charge in [-0.3, -0.25) is 10.1 Å². The summed E-state index contributed by atoms with van der Waals surface area (Å²) in [5.74, 6) is 0.868. The second kappa shape index (κ2) is 7.39. The number of nitro benzene ring substituents is 1. The zero-order chi connectivity index (χ0) is 14.4. The molecule has 1 saturated carbocycles. The molecule has 1 fully saturated rings. The molecule has 2 unspecified atom stereocenters. The summed E-state index contributed by atoms with van der Waals surface area (Å²) in [4.78, 5) is 10.7. The van der Waals surface area contributed by atoms with Gasteiger partial charge in [0.1, 0.15) is 0 Å². The number of rotatable bonds is 5. The Morgan fingerprint density at radius 2 is 2.05 bits per heavy atom. The molecule has 0 spiro atoms. The van der Waals surface area contributed by atoms with E-state index < -0.39 is 0 Å². The molecule has 4 heteroatoms. The van der Waals surface area contributed by atoms with E-state index in [2.05, 4.69) is 12.2 Å². The summed E-state index contributed by atoms with van der Waals surface area (Å²) in [5, 5.41) is 14.5. The molecule has 0 heterocycles. The number of hydrogen-bond acceptors (Lipinski definition) is 3. The fourth-order valence-electron chi connectivity index (χ4n) is 3.08. The summed E-state index contributed by atoms with van der Waals surface area (Å²) in [6.45, 7) is 2.87. The second-order valence-electron chi connectivity index (χ2n) is 5.75. The van der Waals surface area contributed by atoms with Crippen LogP contribution in [-0.4, -0.2) is 11.0 Å². The molecule has 1 N–H and O–H groups in total. The van der Waals surface area contributed by atoms with E-state index in [0.717, 1.165) is 11.5 Å². The molecule has 1 aliphatic carbocycles. The van der Waals surface area contributed by atoms with Gasteiger partial charge in [0.15, 0.2) is 0 Å². The van der Waals surface area contributed by atoms with Crippen LogP contribution in [0.1, 0.15) is 51.0 Å². The molecule has 1 aliphatic rings. The van der Waals surface area contributed by atoms with E-state index in [0.29, 0.717) is 12.6 Å². The summed E-state index contributed by atoms with van der Waals surface area (Å²) in [7, 11) is 0. The lowest BCUT2D eigenvalue weighted by atomic mass is 9.98. The van der Waals surface area contributed by atoms with Gasteiger partial charge in [-0.2, -0.15) is 0 Å². The topological polar surface area (TPSA) is 55.2 Å². The lowest BCUT2D eigenvalue weighted by Crippen LogP contribution is -2.28. The lowest BCUT2D eigenvalue weighted by molar-refractivity contribution is -0.385. The van der Waals surface area contributed by atoms with Crippen LogP contribution in [0.4, 0.5) is 5.69 Å². The van der Waals surface area contributed by atoms with E-state index in [1.54, 1.807) is 12.1 Å². The molecule has 2 atom stereocenters. The summed E-state index contributed by atoms with van der Waals surface area (Å²) in [6.07, 6.45) is 7.55. The highest BCUT2D eigenvalue weighted by Gasteiger charge is 2.18. The molecule has 0 saturated heterocycles. The Labute approximate surface area is 120 Å². The molecule has 1 aromatic rings. The van der Waals surface area contributed by atoms with Gasteiger partial charge in [0, 0.05) is 24.2 Å². The van der Waals surface area contributed by atoms with Gasteiger partial charge < -0.3 is 5.32 Å². The lowest BCUT2D eigenvalue weighted by Gasteiger charge is -2.16. The van der Waals surface area contributed by atoms with Gasteiger partial charge in [-0.05, 0) is 25.2 Å². The van der Waals surface area contributed by atoms with Gasteiger partial charge >= 0.3 is 0 Å². The van der Waals surface area contributed by atoms with Crippen LogP contribution in [-0.2, 0) is 6.54 Å². The summed E-state index contributed by atoms with van der Waals surface area (Å²) < 4.78 is 0. The summed E-state index contributed by atoms with van der Waals surface area (Å²) >= 11 is 0. The first-order valence-electron chi connectivity index (χ1n) is 7.66. The van der Waals surface area contributed by atoms with Crippen LogP contribution in [0.15, 0.2) is 24.3 Å². The van der Waals surface area contributed by atoms with Gasteiger partial charge in [0.05, 0.1) is 4.92 Å². The molecule has 0 amide bonds. The van der Waals surface area contributed by atoms with Crippen molar-refractivity contribution in [3.8, 4) is 0 Å². The predicted octanol–water partition coefficient (Wildman–Crippen LogP) is 4.04. The number of benzene rings is 1. The van der Waals surface area contributed by atoms with Crippen molar-refractivity contribution in [3.63, 3.8) is 0 Å². The van der Waals surface area contributed by atoms with Gasteiger partial charge in [-0.15, -0.1) is 0 Å². The van der Waals surface area contributed by atoms with Crippen LogP contribution >= 0.6 is 0 Å². The molecule has 1 aromatic carbocycles. The van der Waals surface area contributed by atoms with Crippen LogP contribution in [0.2, 0.25) is 0 Å². The fraction of sp³-hybridized carbons (Fsp3) is 0.625. The average molecular weight is 276 g/mol. The average Bonchev–Trinajstić information content (AvgIpc) is 2.70. The van der Waals surface area contributed by atoms with Crippen molar-refractivity contribution in [3.05, 3.63) is 39.9 Å². The zero-order valence-electron chi connectivity index (χ0n) is 12.2. The number of nitro groups is 1. The van der Waals surface area contributed by atoms with Crippen molar-refractivity contribution in [1.82, 2.24) is 5.32 Å². The zero-order valence-corrected chi connectivity index (χ0v) is 12.2.